The molecular weight excluding hydrogens is 731 g/mol. The third-order valence-corrected chi connectivity index (χ3v) is 11.3. The van der Waals surface area contributed by atoms with Gasteiger partial charge in [-0.1, -0.05) is 78.0 Å². The van der Waals surface area contributed by atoms with Crippen LogP contribution in [-0.2, 0) is 57.0 Å². The van der Waals surface area contributed by atoms with Crippen LogP contribution in [0, 0.1) is 12.7 Å². The molecule has 6 rings (SSSR count). The Balaban J connectivity index is 1.24. The second kappa shape index (κ2) is 16.1. The van der Waals surface area contributed by atoms with Crippen molar-refractivity contribution in [1.82, 2.24) is 14.5 Å². The first kappa shape index (κ1) is 38.0. The van der Waals surface area contributed by atoms with E-state index in [4.69, 9.17) is 4.18 Å². The molecule has 1 aromatic heterocycles. The highest BCUT2D eigenvalue weighted by Gasteiger charge is 2.30. The monoisotopic (exact) mass is 765 g/mol. The van der Waals surface area contributed by atoms with Crippen LogP contribution in [0.5, 0.6) is 0 Å². The molecule has 8 nitrogen and oxygen atoms in total. The molecule has 0 aliphatic heterocycles. The summed E-state index contributed by atoms with van der Waals surface area (Å²) < 4.78 is 85.7. The largest absolute Gasteiger partial charge is 0.416 e. The fourth-order valence-electron chi connectivity index (χ4n) is 6.02. The third kappa shape index (κ3) is 9.42. The highest BCUT2D eigenvalue weighted by atomic mass is 32.2. The Kier molecular flexibility index (Phi) is 11.5. The molecule has 14 heteroatoms. The Morgan fingerprint density at radius 2 is 1.51 bits per heavy atom. The molecule has 53 heavy (non-hydrogen) atoms. The van der Waals surface area contributed by atoms with Crippen molar-refractivity contribution in [1.29, 1.82) is 0 Å². The number of aromatic nitrogens is 2. The van der Waals surface area contributed by atoms with Gasteiger partial charge in [0.25, 0.3) is 15.7 Å². The highest BCUT2D eigenvalue weighted by Crippen LogP contribution is 2.31. The van der Waals surface area contributed by atoms with Gasteiger partial charge in [-0.25, -0.2) is 4.39 Å². The second-order valence-electron chi connectivity index (χ2n) is 12.7. The van der Waals surface area contributed by atoms with Gasteiger partial charge >= 0.3 is 6.18 Å². The maximum atomic E-state index is 14.2. The molecule has 276 valence electrons. The number of thioether (sulfide) groups is 1. The van der Waals surface area contributed by atoms with E-state index in [0.717, 1.165) is 35.4 Å². The van der Waals surface area contributed by atoms with Crippen molar-refractivity contribution in [2.24, 2.45) is 0 Å². The SMILES string of the molecule is Cc1ccc(S(=O)(=O)OCCN(Cc2ccc(-c3ccc(C(F)(F)F)cc3)cc2)C(=O)Cn2c(SCc3ccc(F)cc3)nc(=O)c3c2CCC3)cc1. The fourth-order valence-corrected chi connectivity index (χ4v) is 7.89. The Morgan fingerprint density at radius 1 is 0.887 bits per heavy atom. The number of fused-ring (bicyclic) bond motifs is 1. The van der Waals surface area contributed by atoms with Crippen molar-refractivity contribution >= 4 is 27.8 Å². The molecule has 0 unspecified atom stereocenters. The summed E-state index contributed by atoms with van der Waals surface area (Å²) in [6.45, 7) is 1.28. The number of hydrogen-bond acceptors (Lipinski definition) is 7. The lowest BCUT2D eigenvalue weighted by atomic mass is 10.0. The number of rotatable bonds is 13. The van der Waals surface area contributed by atoms with Gasteiger partial charge in [0, 0.05) is 30.1 Å². The Morgan fingerprint density at radius 3 is 2.15 bits per heavy atom. The van der Waals surface area contributed by atoms with E-state index in [1.807, 2.05) is 6.92 Å². The summed E-state index contributed by atoms with van der Waals surface area (Å²) >= 11 is 1.26. The van der Waals surface area contributed by atoms with E-state index in [0.29, 0.717) is 46.0 Å². The smallest absolute Gasteiger partial charge is 0.334 e. The number of carbonyl (C=O) groups excluding carboxylic acids is 1. The van der Waals surface area contributed by atoms with Gasteiger partial charge in [0.2, 0.25) is 5.91 Å². The standard InChI is InChI=1S/C39H35F4N3O5S2/c1-26-5-19-33(20-6-26)53(49,50)51-22-21-45(23-27-7-11-29(12-8-27)30-13-15-31(16-14-30)39(41,42)43)36(47)24-46-35-4-2-3-34(35)37(48)44-38(46)52-25-28-9-17-32(40)18-10-28/h5-20H,2-4,21-25H2,1H3. The minimum atomic E-state index is -4.45. The van der Waals surface area contributed by atoms with Crippen LogP contribution in [-0.4, -0.2) is 41.9 Å². The zero-order valence-electron chi connectivity index (χ0n) is 28.6. The van der Waals surface area contributed by atoms with Crippen molar-refractivity contribution in [3.63, 3.8) is 0 Å². The maximum absolute atomic E-state index is 14.2. The van der Waals surface area contributed by atoms with E-state index < -0.39 is 21.9 Å². The molecular formula is C39H35F4N3O5S2. The summed E-state index contributed by atoms with van der Waals surface area (Å²) in [7, 11) is -4.12. The van der Waals surface area contributed by atoms with Crippen LogP contribution in [0.4, 0.5) is 17.6 Å². The molecule has 0 N–H and O–H groups in total. The quantitative estimate of drug-likeness (QED) is 0.0528. The van der Waals surface area contributed by atoms with Gasteiger partial charge in [0.15, 0.2) is 5.16 Å². The van der Waals surface area contributed by atoms with Crippen LogP contribution < -0.4 is 5.56 Å². The molecule has 0 bridgehead atoms. The molecule has 0 saturated carbocycles. The first-order valence-electron chi connectivity index (χ1n) is 16.8. The lowest BCUT2D eigenvalue weighted by Gasteiger charge is -2.25. The maximum Gasteiger partial charge on any atom is 0.416 e. The van der Waals surface area contributed by atoms with Gasteiger partial charge in [0.1, 0.15) is 12.4 Å². The van der Waals surface area contributed by atoms with Crippen molar-refractivity contribution < 1.29 is 35.0 Å². The second-order valence-corrected chi connectivity index (χ2v) is 15.2. The highest BCUT2D eigenvalue weighted by molar-refractivity contribution is 7.98. The van der Waals surface area contributed by atoms with E-state index in [9.17, 15) is 35.6 Å². The summed E-state index contributed by atoms with van der Waals surface area (Å²) in [5.41, 5.74) is 3.80. The minimum Gasteiger partial charge on any atom is -0.334 e. The van der Waals surface area contributed by atoms with Crippen molar-refractivity contribution in [3.05, 3.63) is 147 Å². The van der Waals surface area contributed by atoms with Gasteiger partial charge in [-0.3, -0.25) is 13.8 Å². The number of benzene rings is 4. The van der Waals surface area contributed by atoms with Crippen molar-refractivity contribution in [3.8, 4) is 11.1 Å². The minimum absolute atomic E-state index is 0.0162. The number of aryl methyl sites for hydroxylation is 1. The van der Waals surface area contributed by atoms with E-state index in [2.05, 4.69) is 4.98 Å². The van der Waals surface area contributed by atoms with Gasteiger partial charge < -0.3 is 9.47 Å². The number of halogens is 4. The first-order valence-corrected chi connectivity index (χ1v) is 19.2. The zero-order chi connectivity index (χ0) is 37.8. The predicted octanol–water partition coefficient (Wildman–Crippen LogP) is 7.59. The van der Waals surface area contributed by atoms with Gasteiger partial charge in [-0.15, -0.1) is 0 Å². The van der Waals surface area contributed by atoms with E-state index >= 15 is 0 Å². The Bertz CT molecular complexity index is 2240. The molecule has 4 aromatic carbocycles. The van der Waals surface area contributed by atoms with Crippen LogP contribution in [0.25, 0.3) is 11.1 Å². The molecule has 1 heterocycles. The molecule has 0 atom stereocenters. The molecule has 0 spiro atoms. The van der Waals surface area contributed by atoms with Gasteiger partial charge in [0.05, 0.1) is 17.1 Å². The Labute approximate surface area is 308 Å². The molecule has 1 amide bonds. The third-order valence-electron chi connectivity index (χ3n) is 8.91. The van der Waals surface area contributed by atoms with E-state index in [-0.39, 0.29) is 48.4 Å². The number of nitrogens with zero attached hydrogens (tertiary/aromatic N) is 3. The summed E-state index contributed by atoms with van der Waals surface area (Å²) in [5.74, 6) is -0.377. The first-order chi connectivity index (χ1) is 25.3. The van der Waals surface area contributed by atoms with Crippen LogP contribution in [0.3, 0.4) is 0 Å². The van der Waals surface area contributed by atoms with Crippen LogP contribution in [0.1, 0.15) is 39.9 Å². The normalized spacial score (nSPS) is 12.8. The molecule has 5 aromatic rings. The molecule has 0 radical (unpaired) electrons. The summed E-state index contributed by atoms with van der Waals surface area (Å²) in [5, 5.41) is 0.340. The van der Waals surface area contributed by atoms with Gasteiger partial charge in [-0.2, -0.15) is 26.6 Å². The number of amides is 1. The van der Waals surface area contributed by atoms with Gasteiger partial charge in [-0.05, 0) is 84.8 Å². The predicted molar refractivity (Wildman–Crippen MR) is 193 cm³/mol. The fraction of sp³-hybridized carbons (Fsp3) is 0.256. The molecule has 0 fully saturated rings. The summed E-state index contributed by atoms with van der Waals surface area (Å²) in [6, 6.07) is 24.0. The van der Waals surface area contributed by atoms with Crippen molar-refractivity contribution in [2.75, 3.05) is 13.2 Å². The topological polar surface area (TPSA) is 98.6 Å². The molecule has 0 saturated heterocycles. The van der Waals surface area contributed by atoms with E-state index in [1.165, 1.54) is 53.1 Å². The molecule has 1 aliphatic rings. The Hall–Kier alpha value is -4.79. The summed E-state index contributed by atoms with van der Waals surface area (Å²) in [6.07, 6.45) is -2.60. The van der Waals surface area contributed by atoms with Crippen LogP contribution >= 0.6 is 11.8 Å². The lowest BCUT2D eigenvalue weighted by molar-refractivity contribution is -0.137. The zero-order valence-corrected chi connectivity index (χ0v) is 30.2. The van der Waals surface area contributed by atoms with Crippen LogP contribution in [0.15, 0.2) is 112 Å². The lowest BCUT2D eigenvalue weighted by Crippen LogP contribution is -2.37. The average molecular weight is 766 g/mol. The van der Waals surface area contributed by atoms with Crippen molar-refractivity contribution in [2.45, 2.75) is 61.3 Å². The van der Waals surface area contributed by atoms with E-state index in [1.54, 1.807) is 53.1 Å². The van der Waals surface area contributed by atoms with Crippen LogP contribution in [0.2, 0.25) is 0 Å². The number of alkyl halides is 3. The number of hydrogen-bond donors (Lipinski definition) is 0. The average Bonchev–Trinajstić information content (AvgIpc) is 3.63. The molecule has 1 aliphatic carbocycles. The summed E-state index contributed by atoms with van der Waals surface area (Å²) in [4.78, 5) is 32.9. The number of carbonyl (C=O) groups is 1.